The van der Waals surface area contributed by atoms with E-state index in [-0.39, 0.29) is 12.4 Å². The Labute approximate surface area is 143 Å². The van der Waals surface area contributed by atoms with Gasteiger partial charge in [0.1, 0.15) is 15.9 Å². The van der Waals surface area contributed by atoms with Crippen molar-refractivity contribution in [3.05, 3.63) is 39.8 Å². The van der Waals surface area contributed by atoms with Crippen LogP contribution >= 0.6 is 11.3 Å². The van der Waals surface area contributed by atoms with Crippen LogP contribution in [0.4, 0.5) is 5.00 Å². The fraction of sp³-hybridized carbons (Fsp3) is 0.235. The summed E-state index contributed by atoms with van der Waals surface area (Å²) < 4.78 is 10.0. The van der Waals surface area contributed by atoms with Crippen molar-refractivity contribution in [3.8, 4) is 17.6 Å². The second-order valence-corrected chi connectivity index (χ2v) is 5.72. The van der Waals surface area contributed by atoms with Gasteiger partial charge >= 0.3 is 5.97 Å². The molecular formula is C17H16N2O4S. The highest BCUT2D eigenvalue weighted by Crippen LogP contribution is 2.36. The van der Waals surface area contributed by atoms with Crippen molar-refractivity contribution in [3.63, 3.8) is 0 Å². The number of hydrogen-bond acceptors (Lipinski definition) is 7. The number of thiophene rings is 1. The molecule has 24 heavy (non-hydrogen) atoms. The molecule has 1 aromatic heterocycles. The first kappa shape index (κ1) is 17.5. The lowest BCUT2D eigenvalue weighted by Gasteiger charge is -2.04. The van der Waals surface area contributed by atoms with E-state index in [0.29, 0.717) is 32.3 Å². The van der Waals surface area contributed by atoms with Gasteiger partial charge < -0.3 is 14.6 Å². The summed E-state index contributed by atoms with van der Waals surface area (Å²) in [5.41, 5.74) is 1.31. The summed E-state index contributed by atoms with van der Waals surface area (Å²) in [6.45, 7) is 3.66. The quantitative estimate of drug-likeness (QED) is 0.661. The molecule has 7 heteroatoms. The SMILES string of the molecule is CCOC(=O)c1sc(N=Cc2cccc(OC)c2O)c(C#N)c1C. The second kappa shape index (κ2) is 7.62. The van der Waals surface area contributed by atoms with Gasteiger partial charge in [-0.15, -0.1) is 11.3 Å². The maximum Gasteiger partial charge on any atom is 0.348 e. The number of carbonyl (C=O) groups is 1. The lowest BCUT2D eigenvalue weighted by molar-refractivity contribution is 0.0531. The molecule has 0 aliphatic rings. The number of ether oxygens (including phenoxy) is 2. The average Bonchev–Trinajstić information content (AvgIpc) is 2.90. The van der Waals surface area contributed by atoms with Crippen molar-refractivity contribution in [2.75, 3.05) is 13.7 Å². The van der Waals surface area contributed by atoms with Gasteiger partial charge in [0.2, 0.25) is 0 Å². The number of benzene rings is 1. The topological polar surface area (TPSA) is 91.9 Å². The summed E-state index contributed by atoms with van der Waals surface area (Å²) in [6.07, 6.45) is 1.43. The first-order valence-electron chi connectivity index (χ1n) is 7.14. The summed E-state index contributed by atoms with van der Waals surface area (Å²) in [4.78, 5) is 16.5. The van der Waals surface area contributed by atoms with Gasteiger partial charge in [0.05, 0.1) is 19.3 Å². The Morgan fingerprint density at radius 3 is 2.88 bits per heavy atom. The molecule has 1 N–H and O–H groups in total. The van der Waals surface area contributed by atoms with E-state index in [0.717, 1.165) is 11.3 Å². The third-order valence-corrected chi connectivity index (χ3v) is 4.45. The molecule has 2 aromatic rings. The number of esters is 1. The first-order chi connectivity index (χ1) is 11.5. The zero-order valence-corrected chi connectivity index (χ0v) is 14.3. The van der Waals surface area contributed by atoms with E-state index in [4.69, 9.17) is 9.47 Å². The standard InChI is InChI=1S/C17H16N2O4S/c1-4-23-17(21)15-10(2)12(8-18)16(24-15)19-9-11-6-5-7-13(22-3)14(11)20/h5-7,9,20H,4H2,1-3H3. The van der Waals surface area contributed by atoms with E-state index in [1.54, 1.807) is 32.0 Å². The van der Waals surface area contributed by atoms with Gasteiger partial charge in [0.25, 0.3) is 0 Å². The Morgan fingerprint density at radius 2 is 2.25 bits per heavy atom. The van der Waals surface area contributed by atoms with Gasteiger partial charge in [-0.3, -0.25) is 0 Å². The zero-order chi connectivity index (χ0) is 17.7. The number of aromatic hydroxyl groups is 1. The predicted molar refractivity (Wildman–Crippen MR) is 91.6 cm³/mol. The minimum atomic E-state index is -0.470. The number of nitriles is 1. The van der Waals surface area contributed by atoms with Crippen molar-refractivity contribution >= 4 is 28.5 Å². The molecular weight excluding hydrogens is 328 g/mol. The summed E-state index contributed by atoms with van der Waals surface area (Å²) in [6, 6.07) is 7.07. The summed E-state index contributed by atoms with van der Waals surface area (Å²) in [7, 11) is 1.46. The molecule has 0 saturated carbocycles. The van der Waals surface area contributed by atoms with Crippen molar-refractivity contribution in [1.82, 2.24) is 0 Å². The van der Waals surface area contributed by atoms with Gasteiger partial charge in [0, 0.05) is 11.8 Å². The van der Waals surface area contributed by atoms with Gasteiger partial charge in [-0.1, -0.05) is 6.07 Å². The van der Waals surface area contributed by atoms with Gasteiger partial charge in [-0.2, -0.15) is 5.26 Å². The number of aliphatic imine (C=N–C) groups is 1. The summed E-state index contributed by atoms with van der Waals surface area (Å²) in [5, 5.41) is 19.8. The number of carbonyl (C=O) groups excluding carboxylic acids is 1. The molecule has 0 amide bonds. The molecule has 1 aromatic carbocycles. The third kappa shape index (κ3) is 3.39. The maximum atomic E-state index is 11.9. The Kier molecular flexibility index (Phi) is 5.55. The van der Waals surface area contributed by atoms with Crippen molar-refractivity contribution in [2.24, 2.45) is 4.99 Å². The molecule has 0 aliphatic carbocycles. The van der Waals surface area contributed by atoms with E-state index in [9.17, 15) is 15.2 Å². The molecule has 0 unspecified atom stereocenters. The van der Waals surface area contributed by atoms with Crippen LogP contribution in [-0.4, -0.2) is 31.0 Å². The van der Waals surface area contributed by atoms with Crippen LogP contribution in [0.15, 0.2) is 23.2 Å². The molecule has 124 valence electrons. The second-order valence-electron chi connectivity index (χ2n) is 4.72. The van der Waals surface area contributed by atoms with Gasteiger partial charge in [-0.25, -0.2) is 9.79 Å². The lowest BCUT2D eigenvalue weighted by Crippen LogP contribution is -2.03. The van der Waals surface area contributed by atoms with Crippen LogP contribution < -0.4 is 4.74 Å². The normalized spacial score (nSPS) is 10.6. The fourth-order valence-electron chi connectivity index (χ4n) is 2.05. The van der Waals surface area contributed by atoms with E-state index in [2.05, 4.69) is 11.1 Å². The number of hydrogen-bond donors (Lipinski definition) is 1. The molecule has 0 aliphatic heterocycles. The molecule has 6 nitrogen and oxygen atoms in total. The highest BCUT2D eigenvalue weighted by Gasteiger charge is 2.20. The Balaban J connectivity index is 2.42. The van der Waals surface area contributed by atoms with Crippen molar-refractivity contribution in [2.45, 2.75) is 13.8 Å². The molecule has 0 bridgehead atoms. The number of phenolic OH excluding ortho intramolecular Hbond substituents is 1. The van der Waals surface area contributed by atoms with E-state index in [1.807, 2.05) is 0 Å². The average molecular weight is 344 g/mol. The van der Waals surface area contributed by atoms with E-state index < -0.39 is 5.97 Å². The molecule has 2 rings (SSSR count). The van der Waals surface area contributed by atoms with Crippen LogP contribution in [0.5, 0.6) is 11.5 Å². The number of methoxy groups -OCH3 is 1. The third-order valence-electron chi connectivity index (χ3n) is 3.27. The highest BCUT2D eigenvalue weighted by atomic mass is 32.1. The Morgan fingerprint density at radius 1 is 1.50 bits per heavy atom. The van der Waals surface area contributed by atoms with Crippen LogP contribution in [0, 0.1) is 18.3 Å². The Bertz CT molecular complexity index is 834. The maximum absolute atomic E-state index is 11.9. The van der Waals surface area contributed by atoms with Crippen LogP contribution in [0.2, 0.25) is 0 Å². The van der Waals surface area contributed by atoms with Crippen LogP contribution in [0.3, 0.4) is 0 Å². The zero-order valence-electron chi connectivity index (χ0n) is 13.5. The Hall–Kier alpha value is -2.85. The molecule has 0 radical (unpaired) electrons. The molecule has 1 heterocycles. The van der Waals surface area contributed by atoms with E-state index >= 15 is 0 Å². The minimum absolute atomic E-state index is 0.0406. The smallest absolute Gasteiger partial charge is 0.348 e. The lowest BCUT2D eigenvalue weighted by atomic mass is 10.1. The highest BCUT2D eigenvalue weighted by molar-refractivity contribution is 7.18. The number of rotatable bonds is 5. The summed E-state index contributed by atoms with van der Waals surface area (Å²) >= 11 is 1.09. The van der Waals surface area contributed by atoms with Crippen LogP contribution in [0.1, 0.15) is 33.3 Å². The molecule has 0 saturated heterocycles. The largest absolute Gasteiger partial charge is 0.504 e. The fourth-order valence-corrected chi connectivity index (χ4v) is 3.05. The monoisotopic (exact) mass is 344 g/mol. The number of nitrogens with zero attached hydrogens (tertiary/aromatic N) is 2. The molecule has 0 atom stereocenters. The first-order valence-corrected chi connectivity index (χ1v) is 7.95. The van der Waals surface area contributed by atoms with Crippen molar-refractivity contribution in [1.29, 1.82) is 5.26 Å². The minimum Gasteiger partial charge on any atom is -0.504 e. The van der Waals surface area contributed by atoms with Crippen LogP contribution in [0.25, 0.3) is 0 Å². The van der Waals surface area contributed by atoms with E-state index in [1.165, 1.54) is 13.3 Å². The molecule has 0 fully saturated rings. The molecule has 0 spiro atoms. The summed E-state index contributed by atoms with van der Waals surface area (Å²) in [5.74, 6) is -0.183. The van der Waals surface area contributed by atoms with Gasteiger partial charge in [-0.05, 0) is 31.5 Å². The van der Waals surface area contributed by atoms with Crippen LogP contribution in [-0.2, 0) is 4.74 Å². The van der Waals surface area contributed by atoms with Gasteiger partial charge in [0.15, 0.2) is 11.5 Å². The van der Waals surface area contributed by atoms with Crippen molar-refractivity contribution < 1.29 is 19.4 Å². The number of phenols is 1. The number of para-hydroxylation sites is 1. The predicted octanol–water partition coefficient (Wildman–Crippen LogP) is 3.57.